The van der Waals surface area contributed by atoms with Crippen LogP contribution in [-0.4, -0.2) is 29.1 Å². The molecule has 1 N–H and O–H groups in total. The van der Waals surface area contributed by atoms with Gasteiger partial charge in [0.15, 0.2) is 0 Å². The Kier molecular flexibility index (Phi) is 4.39. The van der Waals surface area contributed by atoms with E-state index in [9.17, 15) is 4.79 Å². The number of carbonyl (C=O) groups excluding carboxylic acids is 1. The minimum Gasteiger partial charge on any atom is -0.335 e. The van der Waals surface area contributed by atoms with Crippen LogP contribution in [0.3, 0.4) is 0 Å². The maximum absolute atomic E-state index is 12.1. The zero-order chi connectivity index (χ0) is 12.2. The number of nitrogens with zero attached hydrogens (tertiary/aromatic N) is 1. The molecule has 0 saturated heterocycles. The fourth-order valence-electron chi connectivity index (χ4n) is 2.11. The van der Waals surface area contributed by atoms with Gasteiger partial charge in [-0.3, -0.25) is 0 Å². The maximum atomic E-state index is 12.1. The molecule has 2 amide bonds. The largest absolute Gasteiger partial charge is 0.335 e. The van der Waals surface area contributed by atoms with Crippen molar-refractivity contribution in [1.82, 2.24) is 10.2 Å². The van der Waals surface area contributed by atoms with Crippen molar-refractivity contribution in [3.8, 4) is 0 Å². The van der Waals surface area contributed by atoms with Gasteiger partial charge < -0.3 is 10.2 Å². The molecule has 0 radical (unpaired) electrons. The zero-order valence-corrected chi connectivity index (χ0v) is 10.8. The predicted octanol–water partition coefficient (Wildman–Crippen LogP) is 2.93. The van der Waals surface area contributed by atoms with Gasteiger partial charge in [0, 0.05) is 18.1 Å². The molecule has 3 heteroatoms. The Labute approximate surface area is 98.9 Å². The highest BCUT2D eigenvalue weighted by Gasteiger charge is 2.27. The van der Waals surface area contributed by atoms with Crippen LogP contribution in [0.4, 0.5) is 4.79 Å². The second-order valence-electron chi connectivity index (χ2n) is 5.50. The Morgan fingerprint density at radius 1 is 1.44 bits per heavy atom. The van der Waals surface area contributed by atoms with Gasteiger partial charge in [-0.1, -0.05) is 18.9 Å². The highest BCUT2D eigenvalue weighted by Crippen LogP contribution is 2.19. The van der Waals surface area contributed by atoms with Crippen molar-refractivity contribution in [2.24, 2.45) is 0 Å². The van der Waals surface area contributed by atoms with Crippen molar-refractivity contribution in [2.45, 2.75) is 58.0 Å². The van der Waals surface area contributed by atoms with E-state index in [1.165, 1.54) is 12.8 Å². The number of amides is 2. The van der Waals surface area contributed by atoms with Gasteiger partial charge >= 0.3 is 6.03 Å². The fraction of sp³-hybridized carbons (Fsp3) is 0.769. The van der Waals surface area contributed by atoms with Crippen LogP contribution in [0.15, 0.2) is 12.7 Å². The van der Waals surface area contributed by atoms with E-state index < -0.39 is 0 Å². The van der Waals surface area contributed by atoms with Crippen LogP contribution in [0.1, 0.15) is 46.5 Å². The third kappa shape index (κ3) is 3.54. The summed E-state index contributed by atoms with van der Waals surface area (Å²) in [6.45, 7) is 10.4. The first-order valence-corrected chi connectivity index (χ1v) is 6.14. The van der Waals surface area contributed by atoms with E-state index in [2.05, 4.69) is 11.9 Å². The summed E-state index contributed by atoms with van der Waals surface area (Å²) in [4.78, 5) is 13.9. The Balaban J connectivity index is 2.56. The summed E-state index contributed by atoms with van der Waals surface area (Å²) < 4.78 is 0. The van der Waals surface area contributed by atoms with Gasteiger partial charge in [-0.05, 0) is 33.6 Å². The number of urea groups is 1. The molecule has 0 heterocycles. The maximum Gasteiger partial charge on any atom is 0.318 e. The standard InChI is InChI=1S/C13H24N2O/c1-5-10-15(13(2,3)4)12(16)14-11-8-6-7-9-11/h5,11H,1,6-10H2,2-4H3,(H,14,16). The van der Waals surface area contributed by atoms with Crippen LogP contribution < -0.4 is 5.32 Å². The molecule has 1 fully saturated rings. The Morgan fingerprint density at radius 3 is 2.44 bits per heavy atom. The Hall–Kier alpha value is -0.990. The smallest absolute Gasteiger partial charge is 0.318 e. The molecule has 0 aliphatic heterocycles. The average molecular weight is 224 g/mol. The average Bonchev–Trinajstić information content (AvgIpc) is 2.64. The lowest BCUT2D eigenvalue weighted by atomic mass is 10.1. The van der Waals surface area contributed by atoms with E-state index in [4.69, 9.17) is 0 Å². The molecular formula is C13H24N2O. The SMILES string of the molecule is C=CCN(C(=O)NC1CCCC1)C(C)(C)C. The molecule has 1 saturated carbocycles. The van der Waals surface area contributed by atoms with Crippen molar-refractivity contribution in [3.05, 3.63) is 12.7 Å². The molecule has 0 aromatic rings. The lowest BCUT2D eigenvalue weighted by molar-refractivity contribution is 0.151. The number of carbonyl (C=O) groups is 1. The van der Waals surface area contributed by atoms with Gasteiger partial charge in [-0.2, -0.15) is 0 Å². The highest BCUT2D eigenvalue weighted by atomic mass is 16.2. The molecule has 3 nitrogen and oxygen atoms in total. The fourth-order valence-corrected chi connectivity index (χ4v) is 2.11. The van der Waals surface area contributed by atoms with Crippen molar-refractivity contribution in [1.29, 1.82) is 0 Å². The number of hydrogen-bond donors (Lipinski definition) is 1. The van der Waals surface area contributed by atoms with Gasteiger partial charge in [0.1, 0.15) is 0 Å². The van der Waals surface area contributed by atoms with Crippen LogP contribution in [0, 0.1) is 0 Å². The highest BCUT2D eigenvalue weighted by molar-refractivity contribution is 5.75. The molecule has 0 aromatic carbocycles. The topological polar surface area (TPSA) is 32.3 Å². The number of rotatable bonds is 3. The monoisotopic (exact) mass is 224 g/mol. The first-order chi connectivity index (χ1) is 7.45. The second-order valence-corrected chi connectivity index (χ2v) is 5.50. The molecule has 1 aliphatic carbocycles. The van der Waals surface area contributed by atoms with Gasteiger partial charge in [0.2, 0.25) is 0 Å². The molecule has 0 bridgehead atoms. The summed E-state index contributed by atoms with van der Waals surface area (Å²) in [7, 11) is 0. The van der Waals surface area contributed by atoms with E-state index in [-0.39, 0.29) is 11.6 Å². The Bertz CT molecular complexity index is 249. The molecule has 0 unspecified atom stereocenters. The van der Waals surface area contributed by atoms with Crippen LogP contribution >= 0.6 is 0 Å². The zero-order valence-electron chi connectivity index (χ0n) is 10.8. The van der Waals surface area contributed by atoms with Crippen molar-refractivity contribution in [3.63, 3.8) is 0 Å². The van der Waals surface area contributed by atoms with Crippen LogP contribution in [0.2, 0.25) is 0 Å². The van der Waals surface area contributed by atoms with Gasteiger partial charge in [-0.25, -0.2) is 4.79 Å². The first-order valence-electron chi connectivity index (χ1n) is 6.14. The van der Waals surface area contributed by atoms with E-state index in [0.717, 1.165) is 12.8 Å². The summed E-state index contributed by atoms with van der Waals surface area (Å²) in [6.07, 6.45) is 6.50. The number of hydrogen-bond acceptors (Lipinski definition) is 1. The van der Waals surface area contributed by atoms with E-state index in [0.29, 0.717) is 12.6 Å². The Morgan fingerprint density at radius 2 is 2.00 bits per heavy atom. The predicted molar refractivity (Wildman–Crippen MR) is 67.4 cm³/mol. The summed E-state index contributed by atoms with van der Waals surface area (Å²) in [5.74, 6) is 0. The van der Waals surface area contributed by atoms with E-state index in [1.54, 1.807) is 6.08 Å². The minimum atomic E-state index is -0.156. The van der Waals surface area contributed by atoms with Crippen LogP contribution in [0.25, 0.3) is 0 Å². The van der Waals surface area contributed by atoms with Crippen molar-refractivity contribution >= 4 is 6.03 Å². The lowest BCUT2D eigenvalue weighted by Gasteiger charge is -2.35. The van der Waals surface area contributed by atoms with Crippen molar-refractivity contribution in [2.75, 3.05) is 6.54 Å². The lowest BCUT2D eigenvalue weighted by Crippen LogP contribution is -2.52. The minimum absolute atomic E-state index is 0.0410. The molecule has 0 spiro atoms. The normalized spacial score (nSPS) is 17.2. The number of nitrogens with one attached hydrogen (secondary N) is 1. The molecule has 16 heavy (non-hydrogen) atoms. The quantitative estimate of drug-likeness (QED) is 0.734. The summed E-state index contributed by atoms with van der Waals surface area (Å²) in [5, 5.41) is 3.11. The molecule has 92 valence electrons. The van der Waals surface area contributed by atoms with E-state index >= 15 is 0 Å². The molecular weight excluding hydrogens is 200 g/mol. The molecule has 0 aromatic heterocycles. The third-order valence-electron chi connectivity index (χ3n) is 3.05. The van der Waals surface area contributed by atoms with Gasteiger partial charge in [0.05, 0.1) is 0 Å². The first kappa shape index (κ1) is 13.1. The molecule has 0 atom stereocenters. The molecule has 1 aliphatic rings. The van der Waals surface area contributed by atoms with Gasteiger partial charge in [-0.15, -0.1) is 6.58 Å². The van der Waals surface area contributed by atoms with E-state index in [1.807, 2.05) is 25.7 Å². The van der Waals surface area contributed by atoms with Gasteiger partial charge in [0.25, 0.3) is 0 Å². The summed E-state index contributed by atoms with van der Waals surface area (Å²) >= 11 is 0. The van der Waals surface area contributed by atoms with Crippen LogP contribution in [-0.2, 0) is 0 Å². The van der Waals surface area contributed by atoms with Crippen molar-refractivity contribution < 1.29 is 4.79 Å². The molecule has 1 rings (SSSR count). The summed E-state index contributed by atoms with van der Waals surface area (Å²) in [5.41, 5.74) is -0.156. The third-order valence-corrected chi connectivity index (χ3v) is 3.05. The summed E-state index contributed by atoms with van der Waals surface area (Å²) in [6, 6.07) is 0.418. The second kappa shape index (κ2) is 5.37. The van der Waals surface area contributed by atoms with Crippen LogP contribution in [0.5, 0.6) is 0 Å².